The molecule has 1 aromatic heterocycles. The standard InChI is InChI=1S/C21H19BrFN3O4/c1-28-18-11-15(22)9-14-10-19(30-20(14)18)21(27)25-24-12-13-2-3-17(16(23)8-13)26-4-6-29-7-5-26/h2-3,8-12H,4-7H2,1H3,(H,25,27)/b24-12-. The van der Waals surface area contributed by atoms with Crippen LogP contribution in [0.5, 0.6) is 5.75 Å². The van der Waals surface area contributed by atoms with Crippen molar-refractivity contribution >= 4 is 44.7 Å². The van der Waals surface area contributed by atoms with E-state index in [1.165, 1.54) is 19.4 Å². The Morgan fingerprint density at radius 2 is 2.07 bits per heavy atom. The summed E-state index contributed by atoms with van der Waals surface area (Å²) in [5.41, 5.74) is 3.92. The SMILES string of the molecule is COc1cc(Br)cc2cc(C(=O)N/N=C\c3ccc(N4CCOCC4)c(F)c3)oc12. The van der Waals surface area contributed by atoms with E-state index in [4.69, 9.17) is 13.9 Å². The third-order valence-corrected chi connectivity index (χ3v) is 5.15. The van der Waals surface area contributed by atoms with Gasteiger partial charge >= 0.3 is 5.91 Å². The van der Waals surface area contributed by atoms with Crippen LogP contribution in [0.15, 0.2) is 50.4 Å². The molecular weight excluding hydrogens is 457 g/mol. The van der Waals surface area contributed by atoms with E-state index in [9.17, 15) is 9.18 Å². The number of rotatable bonds is 5. The number of fused-ring (bicyclic) bond motifs is 1. The number of furan rings is 1. The number of ether oxygens (including phenoxy) is 2. The first-order chi connectivity index (χ1) is 14.5. The minimum absolute atomic E-state index is 0.0902. The van der Waals surface area contributed by atoms with Crippen LogP contribution in [-0.4, -0.2) is 45.5 Å². The Balaban J connectivity index is 1.44. The lowest BCUT2D eigenvalue weighted by Gasteiger charge is -2.29. The van der Waals surface area contributed by atoms with Crippen LogP contribution in [0.2, 0.25) is 0 Å². The van der Waals surface area contributed by atoms with E-state index in [0.717, 1.165) is 9.86 Å². The molecule has 0 unspecified atom stereocenters. The van der Waals surface area contributed by atoms with Crippen LogP contribution < -0.4 is 15.1 Å². The number of anilines is 1. The average molecular weight is 476 g/mol. The van der Waals surface area contributed by atoms with Gasteiger partial charge in [-0.25, -0.2) is 9.82 Å². The third kappa shape index (κ3) is 4.31. The van der Waals surface area contributed by atoms with E-state index in [-0.39, 0.29) is 11.6 Å². The minimum atomic E-state index is -0.522. The molecule has 0 spiro atoms. The molecule has 1 saturated heterocycles. The molecule has 0 aliphatic carbocycles. The maximum atomic E-state index is 14.4. The second-order valence-corrected chi connectivity index (χ2v) is 7.56. The van der Waals surface area contributed by atoms with Gasteiger partial charge in [0.15, 0.2) is 17.1 Å². The topological polar surface area (TPSA) is 76.3 Å². The first-order valence-corrected chi connectivity index (χ1v) is 10.1. The molecule has 1 fully saturated rings. The fourth-order valence-corrected chi connectivity index (χ4v) is 3.69. The van der Waals surface area contributed by atoms with E-state index in [1.807, 2.05) is 11.0 Å². The molecule has 7 nitrogen and oxygen atoms in total. The van der Waals surface area contributed by atoms with Gasteiger partial charge in [-0.2, -0.15) is 5.10 Å². The summed E-state index contributed by atoms with van der Waals surface area (Å²) in [5, 5.41) is 4.62. The highest BCUT2D eigenvalue weighted by atomic mass is 79.9. The average Bonchev–Trinajstić information content (AvgIpc) is 3.18. The van der Waals surface area contributed by atoms with Gasteiger partial charge in [0, 0.05) is 22.9 Å². The number of amides is 1. The molecule has 3 aromatic rings. The molecule has 1 amide bonds. The summed E-state index contributed by atoms with van der Waals surface area (Å²) >= 11 is 3.39. The first kappa shape index (κ1) is 20.4. The Hall–Kier alpha value is -2.91. The molecule has 0 bridgehead atoms. The van der Waals surface area contributed by atoms with Gasteiger partial charge in [-0.15, -0.1) is 0 Å². The molecular formula is C21H19BrFN3O4. The number of methoxy groups -OCH3 is 1. The number of hydrogen-bond donors (Lipinski definition) is 1. The predicted octanol–water partition coefficient (Wildman–Crippen LogP) is 3.94. The minimum Gasteiger partial charge on any atom is -0.493 e. The molecule has 0 radical (unpaired) electrons. The van der Waals surface area contributed by atoms with Crippen molar-refractivity contribution in [2.75, 3.05) is 38.3 Å². The highest BCUT2D eigenvalue weighted by Crippen LogP contribution is 2.32. The summed E-state index contributed by atoms with van der Waals surface area (Å²) in [6.07, 6.45) is 1.38. The van der Waals surface area contributed by atoms with Gasteiger partial charge in [0.1, 0.15) is 5.82 Å². The van der Waals surface area contributed by atoms with Crippen molar-refractivity contribution in [3.05, 3.63) is 58.0 Å². The molecule has 1 aliphatic heterocycles. The monoisotopic (exact) mass is 475 g/mol. The van der Waals surface area contributed by atoms with Crippen LogP contribution in [0.4, 0.5) is 10.1 Å². The number of morpholine rings is 1. The smallest absolute Gasteiger partial charge is 0.307 e. The van der Waals surface area contributed by atoms with E-state index in [2.05, 4.69) is 26.5 Å². The maximum Gasteiger partial charge on any atom is 0.307 e. The van der Waals surface area contributed by atoms with Gasteiger partial charge in [-0.1, -0.05) is 22.0 Å². The van der Waals surface area contributed by atoms with Gasteiger partial charge < -0.3 is 18.8 Å². The lowest BCUT2D eigenvalue weighted by atomic mass is 10.2. The number of nitrogens with one attached hydrogen (secondary N) is 1. The van der Waals surface area contributed by atoms with Gasteiger partial charge in [0.2, 0.25) is 0 Å². The summed E-state index contributed by atoms with van der Waals surface area (Å²) in [4.78, 5) is 14.3. The van der Waals surface area contributed by atoms with Gasteiger partial charge in [0.25, 0.3) is 0 Å². The van der Waals surface area contributed by atoms with Gasteiger partial charge in [-0.3, -0.25) is 4.79 Å². The normalized spacial score (nSPS) is 14.4. The summed E-state index contributed by atoms with van der Waals surface area (Å²) in [6, 6.07) is 10.00. The lowest BCUT2D eigenvalue weighted by Crippen LogP contribution is -2.36. The number of hydrazone groups is 1. The van der Waals surface area contributed by atoms with Crippen molar-refractivity contribution in [3.8, 4) is 5.75 Å². The summed E-state index contributed by atoms with van der Waals surface area (Å²) in [5.74, 6) is -0.265. The zero-order valence-electron chi connectivity index (χ0n) is 16.2. The number of nitrogens with zero attached hydrogens (tertiary/aromatic N) is 2. The van der Waals surface area contributed by atoms with Crippen LogP contribution in [0.1, 0.15) is 16.1 Å². The van der Waals surface area contributed by atoms with Crippen molar-refractivity contribution in [2.45, 2.75) is 0 Å². The number of hydrogen-bond acceptors (Lipinski definition) is 6. The number of carbonyl (C=O) groups is 1. The maximum absolute atomic E-state index is 14.4. The van der Waals surface area contributed by atoms with Crippen molar-refractivity contribution < 1.29 is 23.1 Å². The molecule has 4 rings (SSSR count). The second kappa shape index (κ2) is 8.85. The summed E-state index contributed by atoms with van der Waals surface area (Å²) < 4.78 is 31.4. The van der Waals surface area contributed by atoms with Crippen molar-refractivity contribution in [2.24, 2.45) is 5.10 Å². The third-order valence-electron chi connectivity index (χ3n) is 4.69. The van der Waals surface area contributed by atoms with Crippen LogP contribution in [0.25, 0.3) is 11.0 Å². The first-order valence-electron chi connectivity index (χ1n) is 9.28. The van der Waals surface area contributed by atoms with Gasteiger partial charge in [0.05, 0.1) is 32.2 Å². The van der Waals surface area contributed by atoms with E-state index < -0.39 is 5.91 Å². The quantitative estimate of drug-likeness (QED) is 0.446. The second-order valence-electron chi connectivity index (χ2n) is 6.65. The van der Waals surface area contributed by atoms with E-state index in [0.29, 0.717) is 48.9 Å². The number of benzene rings is 2. The molecule has 9 heteroatoms. The zero-order chi connectivity index (χ0) is 21.1. The van der Waals surface area contributed by atoms with Crippen molar-refractivity contribution in [1.82, 2.24) is 5.43 Å². The zero-order valence-corrected chi connectivity index (χ0v) is 17.7. The molecule has 1 aliphatic rings. The van der Waals surface area contributed by atoms with E-state index in [1.54, 1.807) is 24.3 Å². The van der Waals surface area contributed by atoms with Gasteiger partial charge in [-0.05, 0) is 35.9 Å². The van der Waals surface area contributed by atoms with Crippen LogP contribution in [0, 0.1) is 5.82 Å². The Morgan fingerprint density at radius 1 is 1.27 bits per heavy atom. The van der Waals surface area contributed by atoms with E-state index >= 15 is 0 Å². The molecule has 2 aromatic carbocycles. The van der Waals surface area contributed by atoms with Crippen molar-refractivity contribution in [3.63, 3.8) is 0 Å². The van der Waals surface area contributed by atoms with Crippen molar-refractivity contribution in [1.29, 1.82) is 0 Å². The molecule has 0 atom stereocenters. The number of carbonyl (C=O) groups excluding carboxylic acids is 1. The Labute approximate surface area is 180 Å². The fraction of sp³-hybridized carbons (Fsp3) is 0.238. The number of halogens is 2. The largest absolute Gasteiger partial charge is 0.493 e. The summed E-state index contributed by atoms with van der Waals surface area (Å²) in [6.45, 7) is 2.47. The fourth-order valence-electron chi connectivity index (χ4n) is 3.23. The molecule has 30 heavy (non-hydrogen) atoms. The lowest BCUT2D eigenvalue weighted by molar-refractivity contribution is 0.0929. The van der Waals surface area contributed by atoms with Crippen LogP contribution in [0.3, 0.4) is 0 Å². The molecule has 1 N–H and O–H groups in total. The Morgan fingerprint density at radius 3 is 2.80 bits per heavy atom. The molecule has 2 heterocycles. The Kier molecular flexibility index (Phi) is 6.01. The predicted molar refractivity (Wildman–Crippen MR) is 115 cm³/mol. The molecule has 0 saturated carbocycles. The Bertz CT molecular complexity index is 1110. The van der Waals surface area contributed by atoms with Crippen LogP contribution >= 0.6 is 15.9 Å². The highest BCUT2D eigenvalue weighted by molar-refractivity contribution is 9.10. The molecule has 156 valence electrons. The summed E-state index contributed by atoms with van der Waals surface area (Å²) in [7, 11) is 1.53. The van der Waals surface area contributed by atoms with Crippen LogP contribution in [-0.2, 0) is 4.74 Å². The highest BCUT2D eigenvalue weighted by Gasteiger charge is 2.16.